The molecule has 0 bridgehead atoms. The second-order valence-corrected chi connectivity index (χ2v) is 8.20. The van der Waals surface area contributed by atoms with Crippen LogP contribution in [0.5, 0.6) is 0 Å². The van der Waals surface area contributed by atoms with Gasteiger partial charge in [0, 0.05) is 17.1 Å². The number of aryl methyl sites for hydroxylation is 1. The quantitative estimate of drug-likeness (QED) is 0.519. The summed E-state index contributed by atoms with van der Waals surface area (Å²) in [6, 6.07) is 19.9. The van der Waals surface area contributed by atoms with Crippen molar-refractivity contribution in [3.63, 3.8) is 0 Å². The van der Waals surface area contributed by atoms with Gasteiger partial charge in [0.15, 0.2) is 0 Å². The van der Waals surface area contributed by atoms with Crippen molar-refractivity contribution in [2.75, 3.05) is 11.4 Å². The van der Waals surface area contributed by atoms with Gasteiger partial charge in [-0.3, -0.25) is 14.2 Å². The molecule has 0 N–H and O–H groups in total. The maximum atomic E-state index is 13.0. The van der Waals surface area contributed by atoms with Crippen molar-refractivity contribution >= 4 is 33.1 Å². The summed E-state index contributed by atoms with van der Waals surface area (Å²) in [5.74, 6) is -0.0831. The van der Waals surface area contributed by atoms with E-state index in [1.54, 1.807) is 4.90 Å². The van der Waals surface area contributed by atoms with Crippen molar-refractivity contribution in [2.45, 2.75) is 19.4 Å². The standard InChI is InChI=1S/C23H19N3O2S/c27-21(26-12-6-10-16-7-4-5-11-19(16)26)14-25-15-24-18-13-20(29-22(18)23(25)28)17-8-2-1-3-9-17/h1-5,7-9,11,13,15H,6,10,12,14H2. The number of aromatic nitrogens is 2. The molecule has 3 heterocycles. The highest BCUT2D eigenvalue weighted by Gasteiger charge is 2.23. The third-order valence-corrected chi connectivity index (χ3v) is 6.44. The Morgan fingerprint density at radius 3 is 2.72 bits per heavy atom. The van der Waals surface area contributed by atoms with Crippen LogP contribution < -0.4 is 10.5 Å². The number of anilines is 1. The zero-order valence-electron chi connectivity index (χ0n) is 15.7. The van der Waals surface area contributed by atoms with Gasteiger partial charge in [0.25, 0.3) is 5.56 Å². The van der Waals surface area contributed by atoms with E-state index in [4.69, 9.17) is 0 Å². The average Bonchev–Trinajstić information content (AvgIpc) is 3.21. The summed E-state index contributed by atoms with van der Waals surface area (Å²) in [4.78, 5) is 33.2. The van der Waals surface area contributed by atoms with E-state index in [1.807, 2.05) is 54.6 Å². The third kappa shape index (κ3) is 3.25. The summed E-state index contributed by atoms with van der Waals surface area (Å²) in [6.45, 7) is 0.673. The maximum absolute atomic E-state index is 13.0. The molecule has 0 atom stereocenters. The second-order valence-electron chi connectivity index (χ2n) is 7.15. The first kappa shape index (κ1) is 17.8. The van der Waals surface area contributed by atoms with Gasteiger partial charge in [-0.2, -0.15) is 0 Å². The largest absolute Gasteiger partial charge is 0.311 e. The molecular weight excluding hydrogens is 382 g/mol. The number of nitrogens with zero attached hydrogens (tertiary/aromatic N) is 3. The minimum atomic E-state index is -0.166. The Bertz CT molecular complexity index is 1260. The van der Waals surface area contributed by atoms with Gasteiger partial charge in [0.2, 0.25) is 5.91 Å². The molecule has 0 fully saturated rings. The van der Waals surface area contributed by atoms with Crippen molar-refractivity contribution in [1.82, 2.24) is 9.55 Å². The van der Waals surface area contributed by atoms with Crippen molar-refractivity contribution in [1.29, 1.82) is 0 Å². The molecule has 0 aliphatic carbocycles. The fourth-order valence-corrected chi connectivity index (χ4v) is 4.89. The molecule has 4 aromatic rings. The lowest BCUT2D eigenvalue weighted by Gasteiger charge is -2.29. The highest BCUT2D eigenvalue weighted by Crippen LogP contribution is 2.30. The summed E-state index contributed by atoms with van der Waals surface area (Å²) in [5, 5.41) is 0. The number of carbonyl (C=O) groups excluding carboxylic acids is 1. The summed E-state index contributed by atoms with van der Waals surface area (Å²) in [5.41, 5.74) is 3.70. The number of para-hydroxylation sites is 1. The Labute approximate surface area is 171 Å². The van der Waals surface area contributed by atoms with Gasteiger partial charge in [-0.1, -0.05) is 48.5 Å². The first-order valence-electron chi connectivity index (χ1n) is 9.63. The van der Waals surface area contributed by atoms with Crippen molar-refractivity contribution < 1.29 is 4.79 Å². The molecule has 0 saturated carbocycles. The van der Waals surface area contributed by atoms with Crippen LogP contribution in [0, 0.1) is 0 Å². The van der Waals surface area contributed by atoms with Gasteiger partial charge in [0.05, 0.1) is 11.8 Å². The van der Waals surface area contributed by atoms with Crippen molar-refractivity contribution in [3.05, 3.63) is 82.9 Å². The number of benzene rings is 2. The minimum Gasteiger partial charge on any atom is -0.311 e. The Morgan fingerprint density at radius 1 is 1.07 bits per heavy atom. The molecule has 0 radical (unpaired) electrons. The van der Waals surface area contributed by atoms with Crippen LogP contribution in [0.1, 0.15) is 12.0 Å². The number of carbonyl (C=O) groups is 1. The lowest BCUT2D eigenvalue weighted by atomic mass is 10.0. The molecular formula is C23H19N3O2S. The van der Waals surface area contributed by atoms with Crippen LogP contribution in [0.25, 0.3) is 20.7 Å². The van der Waals surface area contributed by atoms with E-state index in [0.717, 1.165) is 29.0 Å². The minimum absolute atomic E-state index is 0.00528. The topological polar surface area (TPSA) is 55.2 Å². The lowest BCUT2D eigenvalue weighted by molar-refractivity contribution is -0.119. The number of fused-ring (bicyclic) bond motifs is 2. The van der Waals surface area contributed by atoms with Crippen molar-refractivity contribution in [2.24, 2.45) is 0 Å². The van der Waals surface area contributed by atoms with Gasteiger partial charge in [0.1, 0.15) is 11.2 Å². The number of hydrogen-bond acceptors (Lipinski definition) is 4. The summed E-state index contributed by atoms with van der Waals surface area (Å²) in [7, 11) is 0. The highest BCUT2D eigenvalue weighted by atomic mass is 32.1. The number of rotatable bonds is 3. The molecule has 5 nitrogen and oxygen atoms in total. The zero-order chi connectivity index (χ0) is 19.8. The zero-order valence-corrected chi connectivity index (χ0v) is 16.6. The molecule has 0 saturated heterocycles. The Hall–Kier alpha value is -3.25. The number of thiophene rings is 1. The molecule has 1 aliphatic rings. The smallest absolute Gasteiger partial charge is 0.271 e. The third-order valence-electron chi connectivity index (χ3n) is 5.28. The van der Waals surface area contributed by atoms with E-state index in [1.165, 1.54) is 27.8 Å². The van der Waals surface area contributed by atoms with Gasteiger partial charge < -0.3 is 4.90 Å². The van der Waals surface area contributed by atoms with E-state index >= 15 is 0 Å². The van der Waals surface area contributed by atoms with E-state index in [0.29, 0.717) is 16.8 Å². The summed E-state index contributed by atoms with van der Waals surface area (Å²) >= 11 is 1.42. The Kier molecular flexibility index (Phi) is 4.48. The summed E-state index contributed by atoms with van der Waals surface area (Å²) in [6.07, 6.45) is 3.39. The van der Waals surface area contributed by atoms with Gasteiger partial charge in [-0.05, 0) is 36.1 Å². The average molecular weight is 401 g/mol. The van der Waals surface area contributed by atoms with Crippen LogP contribution in [0.4, 0.5) is 5.69 Å². The molecule has 0 unspecified atom stereocenters. The van der Waals surface area contributed by atoms with E-state index in [9.17, 15) is 9.59 Å². The number of amides is 1. The first-order valence-corrected chi connectivity index (χ1v) is 10.4. The summed E-state index contributed by atoms with van der Waals surface area (Å²) < 4.78 is 2.01. The van der Waals surface area contributed by atoms with E-state index in [2.05, 4.69) is 11.1 Å². The first-order chi connectivity index (χ1) is 14.2. The molecule has 2 aromatic carbocycles. The monoisotopic (exact) mass is 401 g/mol. The SMILES string of the molecule is O=C(Cn1cnc2cc(-c3ccccc3)sc2c1=O)N1CCCc2ccccc21. The van der Waals surface area contributed by atoms with Gasteiger partial charge >= 0.3 is 0 Å². The van der Waals surface area contributed by atoms with Crippen LogP contribution in [0.2, 0.25) is 0 Å². The second kappa shape index (κ2) is 7.29. The Morgan fingerprint density at radius 2 is 1.86 bits per heavy atom. The normalized spacial score (nSPS) is 13.4. The maximum Gasteiger partial charge on any atom is 0.271 e. The Balaban J connectivity index is 1.46. The molecule has 2 aromatic heterocycles. The predicted octanol–water partition coefficient (Wildman–Crippen LogP) is 4.10. The molecule has 1 amide bonds. The fourth-order valence-electron chi connectivity index (χ4n) is 3.83. The predicted molar refractivity (Wildman–Crippen MR) is 116 cm³/mol. The number of hydrogen-bond donors (Lipinski definition) is 0. The molecule has 5 rings (SSSR count). The van der Waals surface area contributed by atoms with Crippen LogP contribution in [0.3, 0.4) is 0 Å². The highest BCUT2D eigenvalue weighted by molar-refractivity contribution is 7.22. The van der Waals surface area contributed by atoms with Crippen LogP contribution >= 0.6 is 11.3 Å². The van der Waals surface area contributed by atoms with Gasteiger partial charge in [-0.25, -0.2) is 4.98 Å². The van der Waals surface area contributed by atoms with Crippen LogP contribution in [-0.4, -0.2) is 22.0 Å². The van der Waals surface area contributed by atoms with Gasteiger partial charge in [-0.15, -0.1) is 11.3 Å². The molecule has 144 valence electrons. The van der Waals surface area contributed by atoms with Crippen LogP contribution in [-0.2, 0) is 17.8 Å². The fraction of sp³-hybridized carbons (Fsp3) is 0.174. The molecule has 0 spiro atoms. The lowest BCUT2D eigenvalue weighted by Crippen LogP contribution is -2.39. The molecule has 29 heavy (non-hydrogen) atoms. The van der Waals surface area contributed by atoms with E-state index in [-0.39, 0.29) is 18.0 Å². The van der Waals surface area contributed by atoms with Crippen molar-refractivity contribution in [3.8, 4) is 10.4 Å². The molecule has 6 heteroatoms. The van der Waals surface area contributed by atoms with Crippen LogP contribution in [0.15, 0.2) is 71.8 Å². The molecule has 1 aliphatic heterocycles. The van der Waals surface area contributed by atoms with E-state index < -0.39 is 0 Å².